The second-order valence-corrected chi connectivity index (χ2v) is 7.73. The van der Waals surface area contributed by atoms with E-state index in [0.717, 1.165) is 34.7 Å². The third kappa shape index (κ3) is 3.66. The van der Waals surface area contributed by atoms with Crippen molar-refractivity contribution < 1.29 is 4.74 Å². The molecule has 1 aliphatic rings. The molecule has 150 valence electrons. The number of nitrogens with zero attached hydrogens (tertiary/aromatic N) is 3. The number of rotatable bonds is 7. The predicted octanol–water partition coefficient (Wildman–Crippen LogP) is 5.72. The summed E-state index contributed by atoms with van der Waals surface area (Å²) in [4.78, 5) is 9.11. The van der Waals surface area contributed by atoms with Crippen molar-refractivity contribution in [3.05, 3.63) is 90.5 Å². The Kier molecular flexibility index (Phi) is 4.71. The van der Waals surface area contributed by atoms with Crippen LogP contribution in [0, 0.1) is 0 Å². The van der Waals surface area contributed by atoms with Gasteiger partial charge in [-0.05, 0) is 66.8 Å². The first kappa shape index (κ1) is 18.4. The third-order valence-corrected chi connectivity index (χ3v) is 5.60. The lowest BCUT2D eigenvalue weighted by Gasteiger charge is -2.14. The molecule has 0 unspecified atom stereocenters. The molecular weight excluding hydrogens is 372 g/mol. The smallest absolute Gasteiger partial charge is 0.141 e. The topological polar surface area (TPSA) is 52.0 Å². The summed E-state index contributed by atoms with van der Waals surface area (Å²) in [5.74, 6) is 2.01. The van der Waals surface area contributed by atoms with Gasteiger partial charge in [-0.2, -0.15) is 0 Å². The van der Waals surface area contributed by atoms with Crippen molar-refractivity contribution in [3.8, 4) is 0 Å². The molecule has 1 N–H and O–H groups in total. The van der Waals surface area contributed by atoms with Crippen molar-refractivity contribution in [3.63, 3.8) is 0 Å². The van der Waals surface area contributed by atoms with Crippen LogP contribution in [-0.2, 0) is 11.3 Å². The highest BCUT2D eigenvalue weighted by Gasteiger charge is 2.25. The highest BCUT2D eigenvalue weighted by atomic mass is 16.5. The van der Waals surface area contributed by atoms with E-state index in [1.54, 1.807) is 7.11 Å². The Hall–Kier alpha value is -3.60. The number of methoxy groups -OCH3 is 1. The molecule has 5 rings (SSSR count). The molecule has 0 aliphatic heterocycles. The van der Waals surface area contributed by atoms with E-state index in [-0.39, 0.29) is 0 Å². The number of hydrogen-bond donors (Lipinski definition) is 1. The first-order valence-electron chi connectivity index (χ1n) is 10.2. The molecule has 0 amide bonds. The SMILES string of the molecule is C=C(OC)c1cc(C2CC2)cnc1Nc1ccc2c(ccn2Cc2ccccn2)c1. The van der Waals surface area contributed by atoms with E-state index in [0.29, 0.717) is 11.7 Å². The minimum absolute atomic E-state index is 0.620. The van der Waals surface area contributed by atoms with Crippen LogP contribution in [0.5, 0.6) is 0 Å². The molecule has 1 saturated carbocycles. The molecule has 0 saturated heterocycles. The van der Waals surface area contributed by atoms with Crippen molar-refractivity contribution in [2.24, 2.45) is 0 Å². The summed E-state index contributed by atoms with van der Waals surface area (Å²) in [5, 5.41) is 4.62. The van der Waals surface area contributed by atoms with Crippen LogP contribution in [0.15, 0.2) is 73.7 Å². The summed E-state index contributed by atoms with van der Waals surface area (Å²) >= 11 is 0. The first-order chi connectivity index (χ1) is 14.7. The Morgan fingerprint density at radius 3 is 2.83 bits per heavy atom. The van der Waals surface area contributed by atoms with E-state index in [1.165, 1.54) is 23.9 Å². The molecule has 4 aromatic rings. The molecule has 1 aromatic carbocycles. The lowest BCUT2D eigenvalue weighted by Crippen LogP contribution is -2.02. The summed E-state index contributed by atoms with van der Waals surface area (Å²) in [5.41, 5.74) is 5.37. The summed E-state index contributed by atoms with van der Waals surface area (Å²) in [6.07, 6.45) is 8.37. The molecule has 0 spiro atoms. The fourth-order valence-corrected chi connectivity index (χ4v) is 3.76. The van der Waals surface area contributed by atoms with Crippen LogP contribution < -0.4 is 5.32 Å². The highest BCUT2D eigenvalue weighted by molar-refractivity contribution is 5.85. The molecule has 1 aliphatic carbocycles. The Morgan fingerprint density at radius 2 is 2.07 bits per heavy atom. The predicted molar refractivity (Wildman–Crippen MR) is 121 cm³/mol. The maximum Gasteiger partial charge on any atom is 0.141 e. The molecule has 5 nitrogen and oxygen atoms in total. The quantitative estimate of drug-likeness (QED) is 0.406. The van der Waals surface area contributed by atoms with E-state index in [4.69, 9.17) is 4.74 Å². The zero-order valence-electron chi connectivity index (χ0n) is 17.0. The van der Waals surface area contributed by atoms with Gasteiger partial charge < -0.3 is 14.6 Å². The standard InChI is InChI=1S/C25H24N4O/c1-17(30-2)23-14-20(18-6-7-18)15-27-25(23)28-21-8-9-24-19(13-21)10-12-29(24)16-22-5-3-4-11-26-22/h3-5,8-15,18H,1,6-7,16H2,2H3,(H,27,28). The van der Waals surface area contributed by atoms with Gasteiger partial charge in [-0.25, -0.2) is 4.98 Å². The average Bonchev–Trinajstić information content (AvgIpc) is 3.56. The number of anilines is 2. The lowest BCUT2D eigenvalue weighted by molar-refractivity contribution is 0.371. The number of pyridine rings is 2. The van der Waals surface area contributed by atoms with Crippen molar-refractivity contribution in [1.29, 1.82) is 0 Å². The van der Waals surface area contributed by atoms with Gasteiger partial charge in [-0.3, -0.25) is 4.98 Å². The first-order valence-corrected chi connectivity index (χ1v) is 10.2. The Bertz CT molecular complexity index is 1210. The van der Waals surface area contributed by atoms with Gasteiger partial charge in [0.2, 0.25) is 0 Å². The Balaban J connectivity index is 1.42. The van der Waals surface area contributed by atoms with Gasteiger partial charge >= 0.3 is 0 Å². The highest BCUT2D eigenvalue weighted by Crippen LogP contribution is 2.41. The molecule has 30 heavy (non-hydrogen) atoms. The Morgan fingerprint density at radius 1 is 1.17 bits per heavy atom. The molecule has 0 atom stereocenters. The second kappa shape index (κ2) is 7.67. The van der Waals surface area contributed by atoms with Crippen LogP contribution in [0.2, 0.25) is 0 Å². The van der Waals surface area contributed by atoms with Crippen LogP contribution in [0.3, 0.4) is 0 Å². The Labute approximate surface area is 176 Å². The maximum atomic E-state index is 5.42. The van der Waals surface area contributed by atoms with Gasteiger partial charge in [-0.1, -0.05) is 12.6 Å². The molecule has 0 radical (unpaired) electrons. The zero-order valence-corrected chi connectivity index (χ0v) is 17.0. The third-order valence-electron chi connectivity index (χ3n) is 5.60. The van der Waals surface area contributed by atoms with Crippen LogP contribution in [0.1, 0.15) is 35.6 Å². The van der Waals surface area contributed by atoms with Gasteiger partial charge in [0.1, 0.15) is 11.6 Å². The minimum Gasteiger partial charge on any atom is -0.497 e. The van der Waals surface area contributed by atoms with Gasteiger partial charge in [0.25, 0.3) is 0 Å². The number of ether oxygens (including phenoxy) is 1. The monoisotopic (exact) mass is 396 g/mol. The van der Waals surface area contributed by atoms with E-state index >= 15 is 0 Å². The molecule has 3 aromatic heterocycles. The van der Waals surface area contributed by atoms with Gasteiger partial charge in [0.05, 0.1) is 24.9 Å². The molecule has 3 heterocycles. The number of fused-ring (bicyclic) bond motifs is 1. The van der Waals surface area contributed by atoms with Crippen LogP contribution >= 0.6 is 0 Å². The molecule has 0 bridgehead atoms. The van der Waals surface area contributed by atoms with Crippen molar-refractivity contribution >= 4 is 28.2 Å². The van der Waals surface area contributed by atoms with Crippen molar-refractivity contribution in [2.45, 2.75) is 25.3 Å². The van der Waals surface area contributed by atoms with E-state index in [9.17, 15) is 0 Å². The van der Waals surface area contributed by atoms with Crippen LogP contribution in [-0.4, -0.2) is 21.6 Å². The number of benzene rings is 1. The number of hydrogen-bond acceptors (Lipinski definition) is 4. The molecule has 5 heteroatoms. The lowest BCUT2D eigenvalue weighted by atomic mass is 10.1. The van der Waals surface area contributed by atoms with Crippen molar-refractivity contribution in [1.82, 2.24) is 14.5 Å². The summed E-state index contributed by atoms with van der Waals surface area (Å²) in [6.45, 7) is 4.80. The number of nitrogens with one attached hydrogen (secondary N) is 1. The minimum atomic E-state index is 0.620. The van der Waals surface area contributed by atoms with Gasteiger partial charge in [0, 0.05) is 35.2 Å². The second-order valence-electron chi connectivity index (χ2n) is 7.73. The van der Waals surface area contributed by atoms with E-state index < -0.39 is 0 Å². The van der Waals surface area contributed by atoms with E-state index in [2.05, 4.69) is 63.0 Å². The van der Waals surface area contributed by atoms with Crippen molar-refractivity contribution in [2.75, 3.05) is 12.4 Å². The number of aromatic nitrogens is 3. The largest absolute Gasteiger partial charge is 0.497 e. The van der Waals surface area contributed by atoms with Crippen LogP contribution in [0.4, 0.5) is 11.5 Å². The summed E-state index contributed by atoms with van der Waals surface area (Å²) in [7, 11) is 1.65. The fourth-order valence-electron chi connectivity index (χ4n) is 3.76. The normalized spacial score (nSPS) is 13.4. The van der Waals surface area contributed by atoms with E-state index in [1.807, 2.05) is 30.6 Å². The van der Waals surface area contributed by atoms with Gasteiger partial charge in [0.15, 0.2) is 0 Å². The van der Waals surface area contributed by atoms with Gasteiger partial charge in [-0.15, -0.1) is 0 Å². The summed E-state index contributed by atoms with van der Waals surface area (Å²) in [6, 6.07) is 16.6. The molecular formula is C25H24N4O. The molecule has 1 fully saturated rings. The van der Waals surface area contributed by atoms with Crippen LogP contribution in [0.25, 0.3) is 16.7 Å². The maximum absolute atomic E-state index is 5.42. The zero-order chi connectivity index (χ0) is 20.5. The fraction of sp³-hybridized carbons (Fsp3) is 0.200. The average molecular weight is 396 g/mol. The summed E-state index contributed by atoms with van der Waals surface area (Å²) < 4.78 is 7.63.